The Balaban J connectivity index is 2.93. The smallest absolute Gasteiger partial charge is 0.323 e. The number of hydrogen-bond donors (Lipinski definition) is 3. The van der Waals surface area contributed by atoms with E-state index in [0.29, 0.717) is 12.6 Å². The zero-order valence-electron chi connectivity index (χ0n) is 12.0. The van der Waals surface area contributed by atoms with Gasteiger partial charge < -0.3 is 14.8 Å². The highest BCUT2D eigenvalue weighted by atomic mass is 16.5. The molecule has 0 spiro atoms. The van der Waals surface area contributed by atoms with Gasteiger partial charge in [-0.3, -0.25) is 5.43 Å². The third-order valence-electron chi connectivity index (χ3n) is 2.04. The maximum atomic E-state index is 5.44. The van der Waals surface area contributed by atoms with Gasteiger partial charge in [-0.1, -0.05) is 0 Å². The summed E-state index contributed by atoms with van der Waals surface area (Å²) in [6, 6.07) is 0.216. The molecule has 0 aliphatic heterocycles. The first-order valence-electron chi connectivity index (χ1n) is 6.03. The summed E-state index contributed by atoms with van der Waals surface area (Å²) in [5, 5.41) is 3.14. The van der Waals surface area contributed by atoms with Crippen LogP contribution >= 0.6 is 0 Å². The molecule has 0 aliphatic carbocycles. The highest BCUT2D eigenvalue weighted by Gasteiger charge is 2.20. The van der Waals surface area contributed by atoms with E-state index in [4.69, 9.17) is 15.3 Å². The molecule has 0 bridgehead atoms. The second-order valence-corrected chi connectivity index (χ2v) is 5.02. The molecule has 0 amide bonds. The van der Waals surface area contributed by atoms with Crippen LogP contribution in [0.2, 0.25) is 0 Å². The first-order chi connectivity index (χ1) is 8.86. The van der Waals surface area contributed by atoms with Gasteiger partial charge in [0, 0.05) is 7.11 Å². The minimum absolute atomic E-state index is 0.0344. The number of aromatic nitrogens is 3. The lowest BCUT2D eigenvalue weighted by molar-refractivity contribution is 0.157. The van der Waals surface area contributed by atoms with Gasteiger partial charge in [-0.05, 0) is 27.7 Å². The molecule has 1 aromatic heterocycles. The Morgan fingerprint density at radius 1 is 1.21 bits per heavy atom. The van der Waals surface area contributed by atoms with E-state index in [1.807, 2.05) is 27.7 Å². The highest BCUT2D eigenvalue weighted by Crippen LogP contribution is 2.16. The quantitative estimate of drug-likeness (QED) is 0.493. The largest absolute Gasteiger partial charge is 0.461 e. The Morgan fingerprint density at radius 2 is 1.84 bits per heavy atom. The molecule has 108 valence electrons. The minimum Gasteiger partial charge on any atom is -0.461 e. The molecule has 0 atom stereocenters. The van der Waals surface area contributed by atoms with Gasteiger partial charge in [-0.25, -0.2) is 5.84 Å². The number of hydrogen-bond acceptors (Lipinski definition) is 8. The van der Waals surface area contributed by atoms with Crippen LogP contribution in [-0.2, 0) is 4.74 Å². The molecule has 8 heteroatoms. The fraction of sp³-hybridized carbons (Fsp3) is 0.727. The average Bonchev–Trinajstić information content (AvgIpc) is 2.26. The second-order valence-electron chi connectivity index (χ2n) is 5.02. The van der Waals surface area contributed by atoms with Crippen molar-refractivity contribution < 1.29 is 9.47 Å². The number of rotatable bonds is 7. The first-order valence-corrected chi connectivity index (χ1v) is 6.03. The zero-order chi connectivity index (χ0) is 14.5. The number of nitrogen functional groups attached to an aromatic ring is 1. The maximum Gasteiger partial charge on any atom is 0.323 e. The Labute approximate surface area is 113 Å². The monoisotopic (exact) mass is 270 g/mol. The van der Waals surface area contributed by atoms with Gasteiger partial charge in [-0.2, -0.15) is 15.0 Å². The summed E-state index contributed by atoms with van der Waals surface area (Å²) in [5.74, 6) is 5.94. The number of anilines is 2. The average molecular weight is 270 g/mol. The predicted octanol–water partition coefficient (Wildman–Crippen LogP) is 0.781. The minimum atomic E-state index is -0.322. The molecule has 8 nitrogen and oxygen atoms in total. The van der Waals surface area contributed by atoms with Crippen LogP contribution < -0.4 is 21.3 Å². The van der Waals surface area contributed by atoms with Crippen LogP contribution in [0.3, 0.4) is 0 Å². The molecule has 1 heterocycles. The Kier molecular flexibility index (Phi) is 5.25. The number of nitrogens with one attached hydrogen (secondary N) is 2. The van der Waals surface area contributed by atoms with E-state index in [1.54, 1.807) is 7.11 Å². The summed E-state index contributed by atoms with van der Waals surface area (Å²) in [4.78, 5) is 12.3. The van der Waals surface area contributed by atoms with E-state index in [-0.39, 0.29) is 23.6 Å². The lowest BCUT2D eigenvalue weighted by Gasteiger charge is -2.25. The maximum absolute atomic E-state index is 5.44. The summed E-state index contributed by atoms with van der Waals surface area (Å²) >= 11 is 0. The topological polar surface area (TPSA) is 107 Å². The molecule has 4 N–H and O–H groups in total. The van der Waals surface area contributed by atoms with Gasteiger partial charge in [0.05, 0.1) is 18.2 Å². The Bertz CT molecular complexity index is 410. The Hall–Kier alpha value is -1.67. The van der Waals surface area contributed by atoms with Crippen molar-refractivity contribution in [2.24, 2.45) is 5.84 Å². The molecule has 0 aromatic carbocycles. The number of hydrazine groups is 1. The predicted molar refractivity (Wildman–Crippen MR) is 73.0 cm³/mol. The lowest BCUT2D eigenvalue weighted by Crippen LogP contribution is -2.36. The van der Waals surface area contributed by atoms with E-state index >= 15 is 0 Å². The van der Waals surface area contributed by atoms with Crippen LogP contribution in [0.1, 0.15) is 27.7 Å². The van der Waals surface area contributed by atoms with Gasteiger partial charge in [-0.15, -0.1) is 0 Å². The molecule has 0 saturated heterocycles. The van der Waals surface area contributed by atoms with Crippen molar-refractivity contribution in [3.05, 3.63) is 0 Å². The summed E-state index contributed by atoms with van der Waals surface area (Å²) in [6.45, 7) is 8.23. The molecular weight excluding hydrogens is 248 g/mol. The molecule has 19 heavy (non-hydrogen) atoms. The third kappa shape index (κ3) is 5.23. The molecular formula is C11H22N6O2. The second kappa shape index (κ2) is 6.48. The van der Waals surface area contributed by atoms with Crippen LogP contribution in [0.4, 0.5) is 11.9 Å². The number of nitrogens with zero attached hydrogens (tertiary/aromatic N) is 3. The van der Waals surface area contributed by atoms with Crippen molar-refractivity contribution in [1.29, 1.82) is 0 Å². The molecule has 0 fully saturated rings. The van der Waals surface area contributed by atoms with Crippen LogP contribution in [-0.4, -0.2) is 40.3 Å². The van der Waals surface area contributed by atoms with Crippen LogP contribution in [0.25, 0.3) is 0 Å². The van der Waals surface area contributed by atoms with E-state index in [0.717, 1.165) is 0 Å². The van der Waals surface area contributed by atoms with Crippen molar-refractivity contribution in [1.82, 2.24) is 15.0 Å². The number of ether oxygens (including phenoxy) is 2. The van der Waals surface area contributed by atoms with Gasteiger partial charge in [0.2, 0.25) is 11.9 Å². The fourth-order valence-electron chi connectivity index (χ4n) is 1.44. The normalized spacial score (nSPS) is 11.5. The third-order valence-corrected chi connectivity index (χ3v) is 2.04. The first kappa shape index (κ1) is 15.4. The zero-order valence-corrected chi connectivity index (χ0v) is 12.0. The lowest BCUT2D eigenvalue weighted by atomic mass is 10.1. The Morgan fingerprint density at radius 3 is 2.37 bits per heavy atom. The van der Waals surface area contributed by atoms with E-state index in [9.17, 15) is 0 Å². The van der Waals surface area contributed by atoms with Gasteiger partial charge in [0.1, 0.15) is 0 Å². The summed E-state index contributed by atoms with van der Waals surface area (Å²) in [6.07, 6.45) is -0.0344. The van der Waals surface area contributed by atoms with Crippen LogP contribution in [0, 0.1) is 0 Å². The number of methoxy groups -OCH3 is 1. The van der Waals surface area contributed by atoms with Gasteiger partial charge >= 0.3 is 6.01 Å². The van der Waals surface area contributed by atoms with Crippen LogP contribution in [0.5, 0.6) is 6.01 Å². The van der Waals surface area contributed by atoms with E-state index in [1.165, 1.54) is 0 Å². The molecule has 0 unspecified atom stereocenters. The fourth-order valence-corrected chi connectivity index (χ4v) is 1.44. The molecule has 0 aliphatic rings. The summed E-state index contributed by atoms with van der Waals surface area (Å²) in [7, 11) is 1.64. The van der Waals surface area contributed by atoms with Crippen molar-refractivity contribution in [2.75, 3.05) is 24.5 Å². The SMILES string of the molecule is COCC(C)(C)Nc1nc(NN)nc(OC(C)C)n1. The van der Waals surface area contributed by atoms with Gasteiger partial charge in [0.15, 0.2) is 0 Å². The number of nitrogens with two attached hydrogens (primary N) is 1. The van der Waals surface area contributed by atoms with Crippen LogP contribution in [0.15, 0.2) is 0 Å². The van der Waals surface area contributed by atoms with Crippen molar-refractivity contribution in [3.63, 3.8) is 0 Å². The molecule has 0 radical (unpaired) electrons. The molecule has 1 rings (SSSR count). The standard InChI is InChI=1S/C11H22N6O2/c1-7(2)19-10-14-8(13-9(15-10)17-12)16-11(3,4)6-18-5/h7H,6,12H2,1-5H3,(H2,13,14,15,16,17). The van der Waals surface area contributed by atoms with E-state index < -0.39 is 0 Å². The highest BCUT2D eigenvalue weighted by molar-refractivity contribution is 5.36. The summed E-state index contributed by atoms with van der Waals surface area (Å²) in [5.41, 5.74) is 2.06. The van der Waals surface area contributed by atoms with E-state index in [2.05, 4.69) is 25.7 Å². The van der Waals surface area contributed by atoms with Crippen molar-refractivity contribution >= 4 is 11.9 Å². The molecule has 1 aromatic rings. The van der Waals surface area contributed by atoms with Crippen molar-refractivity contribution in [2.45, 2.75) is 39.3 Å². The van der Waals surface area contributed by atoms with Gasteiger partial charge in [0.25, 0.3) is 0 Å². The molecule has 0 saturated carbocycles. The van der Waals surface area contributed by atoms with Crippen molar-refractivity contribution in [3.8, 4) is 6.01 Å². The summed E-state index contributed by atoms with van der Waals surface area (Å²) < 4.78 is 10.6.